The predicted molar refractivity (Wildman–Crippen MR) is 150 cm³/mol. The third-order valence-corrected chi connectivity index (χ3v) is 6.73. The van der Waals surface area contributed by atoms with Crippen molar-refractivity contribution in [3.05, 3.63) is 89.6 Å². The quantitative estimate of drug-likeness (QED) is 0.419. The van der Waals surface area contributed by atoms with Crippen LogP contribution in [0.1, 0.15) is 22.8 Å². The number of amidine groups is 1. The maximum atomic E-state index is 13.5. The second-order valence-corrected chi connectivity index (χ2v) is 9.48. The third-order valence-electron chi connectivity index (χ3n) is 5.67. The molecule has 1 aliphatic rings. The maximum absolute atomic E-state index is 13.5. The van der Waals surface area contributed by atoms with Gasteiger partial charge in [-0.3, -0.25) is 19.3 Å². The summed E-state index contributed by atoms with van der Waals surface area (Å²) in [7, 11) is 3.09. The molecule has 1 heterocycles. The fourth-order valence-electron chi connectivity index (χ4n) is 3.73. The van der Waals surface area contributed by atoms with E-state index in [1.54, 1.807) is 68.6 Å². The van der Waals surface area contributed by atoms with Gasteiger partial charge in [0, 0.05) is 5.56 Å². The van der Waals surface area contributed by atoms with Crippen LogP contribution in [0.2, 0.25) is 0 Å². The summed E-state index contributed by atoms with van der Waals surface area (Å²) in [5.74, 6) is -0.225. The van der Waals surface area contributed by atoms with E-state index in [2.05, 4.69) is 10.3 Å². The Morgan fingerprint density at radius 3 is 2.42 bits per heavy atom. The SMILES string of the molecule is COc1ccc(OC)c(/C=C2\N=C(SC(C)C(=O)Nc3ccccc3C(N)=O)N(c3ccccc3)C2=O)c1. The molecule has 0 aromatic heterocycles. The zero-order valence-corrected chi connectivity index (χ0v) is 21.8. The van der Waals surface area contributed by atoms with Crippen LogP contribution in [0.25, 0.3) is 6.08 Å². The Morgan fingerprint density at radius 1 is 1.03 bits per heavy atom. The Hall–Kier alpha value is -4.57. The summed E-state index contributed by atoms with van der Waals surface area (Å²) in [6, 6.07) is 20.8. The number of para-hydroxylation sites is 2. The maximum Gasteiger partial charge on any atom is 0.283 e. The highest BCUT2D eigenvalue weighted by molar-refractivity contribution is 8.15. The average Bonchev–Trinajstić information content (AvgIpc) is 3.23. The molecule has 3 N–H and O–H groups in total. The normalized spacial score (nSPS) is 14.7. The van der Waals surface area contributed by atoms with Crippen LogP contribution in [0.4, 0.5) is 11.4 Å². The molecule has 0 saturated carbocycles. The fourth-order valence-corrected chi connectivity index (χ4v) is 4.66. The number of anilines is 2. The van der Waals surface area contributed by atoms with Gasteiger partial charge < -0.3 is 20.5 Å². The van der Waals surface area contributed by atoms with Gasteiger partial charge in [0.25, 0.3) is 11.8 Å². The lowest BCUT2D eigenvalue weighted by Gasteiger charge is -2.20. The number of hydrogen-bond donors (Lipinski definition) is 2. The standard InChI is InChI=1S/C28H26N4O5S/c1-17(26(34)30-22-12-8-7-11-21(22)25(29)33)38-28-31-23(27(35)32(28)19-9-5-4-6-10-19)16-18-15-20(36-2)13-14-24(18)37-3/h4-17H,1-3H3,(H2,29,33)(H,30,34)/b23-16-. The summed E-state index contributed by atoms with van der Waals surface area (Å²) in [6.45, 7) is 1.69. The van der Waals surface area contributed by atoms with E-state index < -0.39 is 11.2 Å². The number of benzene rings is 3. The number of ether oxygens (including phenoxy) is 2. The van der Waals surface area contributed by atoms with E-state index >= 15 is 0 Å². The third kappa shape index (κ3) is 5.70. The van der Waals surface area contributed by atoms with Crippen LogP contribution in [0.15, 0.2) is 83.5 Å². The van der Waals surface area contributed by atoms with Crippen molar-refractivity contribution in [2.75, 3.05) is 24.4 Å². The number of methoxy groups -OCH3 is 2. The molecule has 1 atom stereocenters. The van der Waals surface area contributed by atoms with Crippen LogP contribution < -0.4 is 25.4 Å². The van der Waals surface area contributed by atoms with Gasteiger partial charge in [-0.05, 0) is 55.5 Å². The molecule has 9 nitrogen and oxygen atoms in total. The Balaban J connectivity index is 1.66. The first kappa shape index (κ1) is 26.5. The molecule has 38 heavy (non-hydrogen) atoms. The summed E-state index contributed by atoms with van der Waals surface area (Å²) >= 11 is 1.12. The van der Waals surface area contributed by atoms with Crippen LogP contribution in [-0.2, 0) is 9.59 Å². The fraction of sp³-hybridized carbons (Fsp3) is 0.143. The van der Waals surface area contributed by atoms with Crippen molar-refractivity contribution in [3.63, 3.8) is 0 Å². The van der Waals surface area contributed by atoms with Crippen molar-refractivity contribution in [3.8, 4) is 11.5 Å². The summed E-state index contributed by atoms with van der Waals surface area (Å²) in [5, 5.41) is 2.41. The van der Waals surface area contributed by atoms with E-state index in [-0.39, 0.29) is 23.1 Å². The summed E-state index contributed by atoms with van der Waals surface area (Å²) in [5.41, 5.74) is 7.35. The largest absolute Gasteiger partial charge is 0.497 e. The first-order valence-corrected chi connectivity index (χ1v) is 12.5. The van der Waals surface area contributed by atoms with Crippen molar-refractivity contribution in [2.45, 2.75) is 12.2 Å². The van der Waals surface area contributed by atoms with E-state index in [1.165, 1.54) is 18.1 Å². The molecule has 1 unspecified atom stereocenters. The number of primary amides is 1. The van der Waals surface area contributed by atoms with Gasteiger partial charge >= 0.3 is 0 Å². The molecule has 0 fully saturated rings. The van der Waals surface area contributed by atoms with E-state index in [1.807, 2.05) is 18.2 Å². The monoisotopic (exact) mass is 530 g/mol. The molecule has 0 radical (unpaired) electrons. The van der Waals surface area contributed by atoms with Gasteiger partial charge in [0.1, 0.15) is 17.2 Å². The number of aliphatic imine (C=N–C) groups is 1. The van der Waals surface area contributed by atoms with Crippen molar-refractivity contribution >= 4 is 52.1 Å². The van der Waals surface area contributed by atoms with Gasteiger partial charge in [-0.2, -0.15) is 0 Å². The smallest absolute Gasteiger partial charge is 0.283 e. The summed E-state index contributed by atoms with van der Waals surface area (Å²) < 4.78 is 10.8. The van der Waals surface area contributed by atoms with E-state index in [0.29, 0.717) is 33.6 Å². The predicted octanol–water partition coefficient (Wildman–Crippen LogP) is 4.31. The van der Waals surface area contributed by atoms with Gasteiger partial charge in [-0.15, -0.1) is 0 Å². The van der Waals surface area contributed by atoms with Crippen LogP contribution in [0.5, 0.6) is 11.5 Å². The van der Waals surface area contributed by atoms with E-state index in [4.69, 9.17) is 15.2 Å². The minimum atomic E-state index is -0.667. The molecule has 4 rings (SSSR count). The van der Waals surface area contributed by atoms with Gasteiger partial charge in [0.05, 0.1) is 36.4 Å². The van der Waals surface area contributed by atoms with Crippen LogP contribution in [0, 0.1) is 0 Å². The molecular weight excluding hydrogens is 504 g/mol. The molecule has 0 aliphatic carbocycles. The van der Waals surface area contributed by atoms with Crippen molar-refractivity contribution < 1.29 is 23.9 Å². The number of thioether (sulfide) groups is 1. The Morgan fingerprint density at radius 2 is 1.74 bits per heavy atom. The highest BCUT2D eigenvalue weighted by Crippen LogP contribution is 2.33. The van der Waals surface area contributed by atoms with E-state index in [9.17, 15) is 14.4 Å². The molecule has 3 aromatic rings. The molecule has 194 valence electrons. The summed E-state index contributed by atoms with van der Waals surface area (Å²) in [6.07, 6.45) is 1.63. The van der Waals surface area contributed by atoms with E-state index in [0.717, 1.165) is 11.8 Å². The molecule has 0 spiro atoms. The molecule has 3 aromatic carbocycles. The Bertz CT molecular complexity index is 1440. The number of hydrogen-bond acceptors (Lipinski definition) is 7. The lowest BCUT2D eigenvalue weighted by Crippen LogP contribution is -2.33. The van der Waals surface area contributed by atoms with Gasteiger partial charge in [0.15, 0.2) is 5.17 Å². The molecular formula is C28H26N4O5S. The molecule has 1 aliphatic heterocycles. The Labute approximate surface area is 224 Å². The first-order chi connectivity index (χ1) is 18.3. The molecule has 10 heteroatoms. The minimum absolute atomic E-state index is 0.176. The number of nitrogens with zero attached hydrogens (tertiary/aromatic N) is 2. The number of rotatable bonds is 8. The zero-order chi connectivity index (χ0) is 27.2. The molecule has 0 bridgehead atoms. The number of amides is 3. The van der Waals surface area contributed by atoms with Crippen LogP contribution in [-0.4, -0.2) is 42.4 Å². The second-order valence-electron chi connectivity index (χ2n) is 8.17. The van der Waals surface area contributed by atoms with Crippen molar-refractivity contribution in [1.82, 2.24) is 0 Å². The second kappa shape index (κ2) is 11.7. The first-order valence-electron chi connectivity index (χ1n) is 11.6. The van der Waals surface area contributed by atoms with Gasteiger partial charge in [-0.25, -0.2) is 4.99 Å². The Kier molecular flexibility index (Phi) is 8.12. The van der Waals surface area contributed by atoms with Gasteiger partial charge in [0.2, 0.25) is 5.91 Å². The highest BCUT2D eigenvalue weighted by Gasteiger charge is 2.34. The summed E-state index contributed by atoms with van der Waals surface area (Å²) in [4.78, 5) is 44.4. The van der Waals surface area contributed by atoms with Gasteiger partial charge in [-0.1, -0.05) is 42.1 Å². The average molecular weight is 531 g/mol. The topological polar surface area (TPSA) is 123 Å². The number of nitrogens with one attached hydrogen (secondary N) is 1. The molecule has 0 saturated heterocycles. The van der Waals surface area contributed by atoms with Crippen molar-refractivity contribution in [1.29, 1.82) is 0 Å². The zero-order valence-electron chi connectivity index (χ0n) is 21.0. The lowest BCUT2D eigenvalue weighted by atomic mass is 10.1. The van der Waals surface area contributed by atoms with Crippen molar-refractivity contribution in [2.24, 2.45) is 10.7 Å². The lowest BCUT2D eigenvalue weighted by molar-refractivity contribution is -0.115. The highest BCUT2D eigenvalue weighted by atomic mass is 32.2. The number of carbonyl (C=O) groups is 3. The van der Waals surface area contributed by atoms with Crippen LogP contribution >= 0.6 is 11.8 Å². The molecule has 3 amide bonds. The number of nitrogens with two attached hydrogens (primary N) is 1. The number of carbonyl (C=O) groups excluding carboxylic acids is 3. The minimum Gasteiger partial charge on any atom is -0.497 e. The van der Waals surface area contributed by atoms with Crippen LogP contribution in [0.3, 0.4) is 0 Å².